The first-order chi connectivity index (χ1) is 13.1. The molecule has 1 aromatic carbocycles. The molecule has 0 saturated heterocycles. The Morgan fingerprint density at radius 1 is 0.893 bits per heavy atom. The fraction of sp³-hybridized carbons (Fsp3) is 0.591. The standard InChI is InChI=1S/C22H35N3O3/c1-14(2)10-19(26)24-18-9-7-8-17(12-18)13-23-22(28)21(16(5)6)25-20(27)11-15(3)4/h7-9,12,14-16,21H,10-11,13H2,1-6H3,(H,23,28)(H,24,26)(H,25,27). The van der Waals surface area contributed by atoms with E-state index < -0.39 is 6.04 Å². The highest BCUT2D eigenvalue weighted by Crippen LogP contribution is 2.13. The molecule has 0 aromatic heterocycles. The summed E-state index contributed by atoms with van der Waals surface area (Å²) in [6.45, 7) is 12.1. The van der Waals surface area contributed by atoms with E-state index in [0.717, 1.165) is 5.56 Å². The fourth-order valence-corrected chi connectivity index (χ4v) is 2.78. The molecule has 28 heavy (non-hydrogen) atoms. The molecule has 1 rings (SSSR count). The zero-order chi connectivity index (χ0) is 21.3. The maximum Gasteiger partial charge on any atom is 0.243 e. The Kier molecular flexibility index (Phi) is 9.69. The molecular weight excluding hydrogens is 354 g/mol. The van der Waals surface area contributed by atoms with E-state index in [0.29, 0.717) is 31.0 Å². The van der Waals surface area contributed by atoms with Crippen molar-refractivity contribution in [3.05, 3.63) is 29.8 Å². The van der Waals surface area contributed by atoms with Crippen LogP contribution in [0.15, 0.2) is 24.3 Å². The van der Waals surface area contributed by atoms with E-state index in [4.69, 9.17) is 0 Å². The third-order valence-electron chi connectivity index (χ3n) is 4.13. The number of rotatable bonds is 10. The Morgan fingerprint density at radius 3 is 2.07 bits per heavy atom. The molecule has 3 amide bonds. The van der Waals surface area contributed by atoms with E-state index in [9.17, 15) is 14.4 Å². The summed E-state index contributed by atoms with van der Waals surface area (Å²) < 4.78 is 0. The van der Waals surface area contributed by atoms with Crippen LogP contribution in [0.4, 0.5) is 5.69 Å². The lowest BCUT2D eigenvalue weighted by atomic mass is 10.0. The predicted octanol–water partition coefficient (Wildman–Crippen LogP) is 3.47. The Bertz CT molecular complexity index is 669. The minimum absolute atomic E-state index is 0.0160. The van der Waals surface area contributed by atoms with E-state index in [1.807, 2.05) is 65.8 Å². The molecule has 0 aliphatic heterocycles. The second-order valence-electron chi connectivity index (χ2n) is 8.45. The molecule has 6 heteroatoms. The van der Waals surface area contributed by atoms with E-state index >= 15 is 0 Å². The molecule has 0 radical (unpaired) electrons. The average Bonchev–Trinajstić information content (AvgIpc) is 2.56. The van der Waals surface area contributed by atoms with Gasteiger partial charge in [-0.05, 0) is 35.4 Å². The van der Waals surface area contributed by atoms with E-state index in [2.05, 4.69) is 16.0 Å². The minimum atomic E-state index is -0.569. The number of hydrogen-bond acceptors (Lipinski definition) is 3. The lowest BCUT2D eigenvalue weighted by molar-refractivity contribution is -0.130. The first kappa shape index (κ1) is 23.7. The van der Waals surface area contributed by atoms with Crippen LogP contribution in [0.25, 0.3) is 0 Å². The molecule has 3 N–H and O–H groups in total. The molecule has 0 saturated carbocycles. The van der Waals surface area contributed by atoms with Crippen molar-refractivity contribution < 1.29 is 14.4 Å². The van der Waals surface area contributed by atoms with Gasteiger partial charge in [0.15, 0.2) is 0 Å². The van der Waals surface area contributed by atoms with Crippen molar-refractivity contribution in [2.45, 2.75) is 67.0 Å². The van der Waals surface area contributed by atoms with Gasteiger partial charge in [0.05, 0.1) is 0 Å². The van der Waals surface area contributed by atoms with Crippen LogP contribution in [0.2, 0.25) is 0 Å². The average molecular weight is 390 g/mol. The number of hydrogen-bond donors (Lipinski definition) is 3. The van der Waals surface area contributed by atoms with Crippen LogP contribution in [-0.2, 0) is 20.9 Å². The summed E-state index contributed by atoms with van der Waals surface area (Å²) in [6, 6.07) is 6.84. The Labute approximate surface area is 168 Å². The number of anilines is 1. The second-order valence-corrected chi connectivity index (χ2v) is 8.45. The van der Waals surface area contributed by atoms with Crippen LogP contribution in [0.1, 0.15) is 59.9 Å². The van der Waals surface area contributed by atoms with Crippen molar-refractivity contribution in [3.63, 3.8) is 0 Å². The zero-order valence-electron chi connectivity index (χ0n) is 18.0. The van der Waals surface area contributed by atoms with Gasteiger partial charge in [-0.2, -0.15) is 0 Å². The highest BCUT2D eigenvalue weighted by atomic mass is 16.2. The van der Waals surface area contributed by atoms with Gasteiger partial charge < -0.3 is 16.0 Å². The van der Waals surface area contributed by atoms with Gasteiger partial charge in [0.25, 0.3) is 0 Å². The van der Waals surface area contributed by atoms with Gasteiger partial charge in [0.1, 0.15) is 6.04 Å². The molecule has 1 unspecified atom stereocenters. The first-order valence-corrected chi connectivity index (χ1v) is 10.0. The number of carbonyl (C=O) groups excluding carboxylic acids is 3. The summed E-state index contributed by atoms with van der Waals surface area (Å²) in [5.74, 6) is 0.174. The van der Waals surface area contributed by atoms with E-state index in [1.165, 1.54) is 0 Å². The molecule has 156 valence electrons. The number of nitrogens with one attached hydrogen (secondary N) is 3. The van der Waals surface area contributed by atoms with Gasteiger partial charge in [-0.1, -0.05) is 53.7 Å². The molecule has 0 bridgehead atoms. The summed E-state index contributed by atoms with van der Waals surface area (Å²) >= 11 is 0. The zero-order valence-corrected chi connectivity index (χ0v) is 18.0. The van der Waals surface area contributed by atoms with Crippen molar-refractivity contribution in [1.82, 2.24) is 10.6 Å². The number of benzene rings is 1. The Balaban J connectivity index is 2.65. The molecular formula is C22H35N3O3. The molecule has 0 aliphatic carbocycles. The summed E-state index contributed by atoms with van der Waals surface area (Å²) in [6.07, 6.45) is 0.863. The topological polar surface area (TPSA) is 87.3 Å². The van der Waals surface area contributed by atoms with Crippen molar-refractivity contribution in [1.29, 1.82) is 0 Å². The predicted molar refractivity (Wildman–Crippen MR) is 113 cm³/mol. The first-order valence-electron chi connectivity index (χ1n) is 10.0. The third kappa shape index (κ3) is 9.02. The molecule has 1 aromatic rings. The SMILES string of the molecule is CC(C)CC(=O)Nc1cccc(CNC(=O)C(NC(=O)CC(C)C)C(C)C)c1. The second kappa shape index (κ2) is 11.5. The summed E-state index contributed by atoms with van der Waals surface area (Å²) in [7, 11) is 0. The van der Waals surface area contributed by atoms with Crippen LogP contribution in [0.3, 0.4) is 0 Å². The van der Waals surface area contributed by atoms with Crippen LogP contribution < -0.4 is 16.0 Å². The largest absolute Gasteiger partial charge is 0.350 e. The Morgan fingerprint density at radius 2 is 1.50 bits per heavy atom. The van der Waals surface area contributed by atoms with Crippen molar-refractivity contribution in [3.8, 4) is 0 Å². The van der Waals surface area contributed by atoms with Crippen LogP contribution in [0, 0.1) is 17.8 Å². The summed E-state index contributed by atoms with van der Waals surface area (Å²) in [5, 5.41) is 8.59. The molecule has 0 fully saturated rings. The molecule has 0 spiro atoms. The van der Waals surface area contributed by atoms with Gasteiger partial charge in [-0.3, -0.25) is 14.4 Å². The van der Waals surface area contributed by atoms with Crippen LogP contribution in [0.5, 0.6) is 0 Å². The highest BCUT2D eigenvalue weighted by Gasteiger charge is 2.24. The van der Waals surface area contributed by atoms with Crippen LogP contribution >= 0.6 is 0 Å². The lowest BCUT2D eigenvalue weighted by Gasteiger charge is -2.22. The van der Waals surface area contributed by atoms with Gasteiger partial charge in [0.2, 0.25) is 17.7 Å². The normalized spacial score (nSPS) is 12.2. The van der Waals surface area contributed by atoms with E-state index in [1.54, 1.807) is 0 Å². The number of amides is 3. The van der Waals surface area contributed by atoms with E-state index in [-0.39, 0.29) is 29.6 Å². The molecule has 0 aliphatic rings. The maximum atomic E-state index is 12.6. The quantitative estimate of drug-likeness (QED) is 0.572. The number of carbonyl (C=O) groups is 3. The van der Waals surface area contributed by atoms with Gasteiger partial charge in [-0.25, -0.2) is 0 Å². The van der Waals surface area contributed by atoms with Crippen LogP contribution in [-0.4, -0.2) is 23.8 Å². The molecule has 0 heterocycles. The third-order valence-corrected chi connectivity index (χ3v) is 4.13. The Hall–Kier alpha value is -2.37. The van der Waals surface area contributed by atoms with Gasteiger partial charge in [-0.15, -0.1) is 0 Å². The smallest absolute Gasteiger partial charge is 0.243 e. The fourth-order valence-electron chi connectivity index (χ4n) is 2.78. The highest BCUT2D eigenvalue weighted by molar-refractivity contribution is 5.91. The lowest BCUT2D eigenvalue weighted by Crippen LogP contribution is -2.49. The minimum Gasteiger partial charge on any atom is -0.350 e. The van der Waals surface area contributed by atoms with Crippen molar-refractivity contribution in [2.24, 2.45) is 17.8 Å². The van der Waals surface area contributed by atoms with Gasteiger partial charge >= 0.3 is 0 Å². The summed E-state index contributed by atoms with van der Waals surface area (Å²) in [5.41, 5.74) is 1.59. The van der Waals surface area contributed by atoms with Crippen molar-refractivity contribution in [2.75, 3.05) is 5.32 Å². The maximum absolute atomic E-state index is 12.6. The summed E-state index contributed by atoms with van der Waals surface area (Å²) in [4.78, 5) is 36.5. The monoisotopic (exact) mass is 389 g/mol. The molecule has 1 atom stereocenters. The molecule has 6 nitrogen and oxygen atoms in total. The van der Waals surface area contributed by atoms with Gasteiger partial charge in [0, 0.05) is 25.1 Å². The van der Waals surface area contributed by atoms with Crippen molar-refractivity contribution >= 4 is 23.4 Å².